The van der Waals surface area contributed by atoms with E-state index in [1.807, 2.05) is 12.1 Å². The van der Waals surface area contributed by atoms with Crippen molar-refractivity contribution in [1.29, 1.82) is 0 Å². The van der Waals surface area contributed by atoms with Crippen molar-refractivity contribution in [3.8, 4) is 0 Å². The number of rotatable bonds is 0. The van der Waals surface area contributed by atoms with Crippen LogP contribution in [0.3, 0.4) is 0 Å². The molecule has 0 bridgehead atoms. The number of nitrogens with two attached hydrogens (primary N) is 8. The van der Waals surface area contributed by atoms with Crippen molar-refractivity contribution in [3.63, 3.8) is 0 Å². The van der Waals surface area contributed by atoms with Gasteiger partial charge in [-0.05, 0) is 47.2 Å². The van der Waals surface area contributed by atoms with E-state index in [1.54, 1.807) is 36.4 Å². The van der Waals surface area contributed by atoms with Crippen LogP contribution in [0, 0.1) is 0 Å². The maximum absolute atomic E-state index is 5.82. The van der Waals surface area contributed by atoms with Crippen molar-refractivity contribution in [2.45, 2.75) is 0 Å². The van der Waals surface area contributed by atoms with Gasteiger partial charge in [0, 0.05) is 10.8 Å². The van der Waals surface area contributed by atoms with Crippen molar-refractivity contribution in [2.75, 3.05) is 45.9 Å². The van der Waals surface area contributed by atoms with E-state index in [2.05, 4.69) is 0 Å². The lowest BCUT2D eigenvalue weighted by Crippen LogP contribution is -1.99. The van der Waals surface area contributed by atoms with Crippen molar-refractivity contribution in [1.82, 2.24) is 0 Å². The molecule has 144 valence electrons. The molecule has 4 aromatic rings. The summed E-state index contributed by atoms with van der Waals surface area (Å²) in [6.45, 7) is 0. The van der Waals surface area contributed by atoms with Gasteiger partial charge in [-0.3, -0.25) is 0 Å². The van der Waals surface area contributed by atoms with E-state index in [1.165, 1.54) is 0 Å². The molecular weight excluding hydrogens is 352 g/mol. The molecule has 0 saturated carbocycles. The molecule has 0 heterocycles. The topological polar surface area (TPSA) is 208 Å². The fraction of sp³-hybridized carbons (Fsp3) is 0. The molecule has 0 aliphatic carbocycles. The molecule has 0 aliphatic rings. The van der Waals surface area contributed by atoms with Gasteiger partial charge in [0.2, 0.25) is 0 Å². The van der Waals surface area contributed by atoms with Crippen LogP contribution in [0.15, 0.2) is 48.5 Å². The lowest BCUT2D eigenvalue weighted by molar-refractivity contribution is 1.68. The van der Waals surface area contributed by atoms with Crippen molar-refractivity contribution < 1.29 is 0 Å². The zero-order chi connectivity index (χ0) is 20.6. The summed E-state index contributed by atoms with van der Waals surface area (Å²) in [5.74, 6) is 0. The zero-order valence-electron chi connectivity index (χ0n) is 15.2. The molecule has 0 amide bonds. The molecule has 4 aromatic carbocycles. The molecule has 0 aliphatic heterocycles. The van der Waals surface area contributed by atoms with E-state index >= 15 is 0 Å². The monoisotopic (exact) mass is 376 g/mol. The summed E-state index contributed by atoms with van der Waals surface area (Å²) in [7, 11) is 0. The van der Waals surface area contributed by atoms with Gasteiger partial charge in [-0.1, -0.05) is 12.1 Å². The molecule has 28 heavy (non-hydrogen) atoms. The molecule has 0 fully saturated rings. The minimum Gasteiger partial charge on any atom is -0.397 e. The van der Waals surface area contributed by atoms with Gasteiger partial charge in [-0.15, -0.1) is 0 Å². The maximum Gasteiger partial charge on any atom is 0.0628 e. The van der Waals surface area contributed by atoms with E-state index in [4.69, 9.17) is 45.9 Å². The Hall–Kier alpha value is -4.20. The summed E-state index contributed by atoms with van der Waals surface area (Å²) < 4.78 is 0. The fourth-order valence-electron chi connectivity index (χ4n) is 2.91. The van der Waals surface area contributed by atoms with Crippen LogP contribution in [0.2, 0.25) is 0 Å². The average molecular weight is 376 g/mol. The Kier molecular flexibility index (Phi) is 4.54. The Morgan fingerprint density at radius 2 is 0.643 bits per heavy atom. The molecule has 8 nitrogen and oxygen atoms in total. The standard InChI is InChI=1S/2C10H12N4/c11-7-1-5-2-9(13)10(14)4-6(5)3-8(7)12;11-7-3-1-5-6(10(7)14)2-4-8(12)9(5)13/h2*1-4H,11-14H2. The molecule has 0 radical (unpaired) electrons. The Morgan fingerprint density at radius 1 is 0.357 bits per heavy atom. The second-order valence-electron chi connectivity index (χ2n) is 6.54. The van der Waals surface area contributed by atoms with Gasteiger partial charge in [0.15, 0.2) is 0 Å². The molecular formula is C20H24N8. The van der Waals surface area contributed by atoms with E-state index < -0.39 is 0 Å². The molecule has 0 unspecified atom stereocenters. The maximum atomic E-state index is 5.82. The Bertz CT molecular complexity index is 1060. The molecule has 8 heteroatoms. The highest BCUT2D eigenvalue weighted by Gasteiger charge is 2.06. The largest absolute Gasteiger partial charge is 0.397 e. The summed E-state index contributed by atoms with van der Waals surface area (Å²) in [6, 6.07) is 14.3. The summed E-state index contributed by atoms with van der Waals surface area (Å²) in [4.78, 5) is 0. The lowest BCUT2D eigenvalue weighted by Gasteiger charge is -2.09. The van der Waals surface area contributed by atoms with Crippen molar-refractivity contribution in [3.05, 3.63) is 48.5 Å². The number of benzene rings is 4. The first kappa shape index (κ1) is 18.6. The second kappa shape index (κ2) is 6.84. The molecule has 0 aromatic heterocycles. The van der Waals surface area contributed by atoms with Crippen molar-refractivity contribution >= 4 is 67.0 Å². The van der Waals surface area contributed by atoms with E-state index in [9.17, 15) is 0 Å². The van der Waals surface area contributed by atoms with Gasteiger partial charge in [0.25, 0.3) is 0 Å². The van der Waals surface area contributed by atoms with Crippen LogP contribution in [0.4, 0.5) is 45.5 Å². The third-order valence-electron chi connectivity index (χ3n) is 4.60. The SMILES string of the molecule is Nc1cc2cc(N)c(N)cc2cc1N.Nc1ccc2c(N)c(N)ccc2c1N. The number of nitrogen functional groups attached to an aromatic ring is 8. The van der Waals surface area contributed by atoms with E-state index in [0.717, 1.165) is 21.5 Å². The molecule has 4 rings (SSSR count). The van der Waals surface area contributed by atoms with Gasteiger partial charge in [-0.2, -0.15) is 0 Å². The van der Waals surface area contributed by atoms with Crippen LogP contribution >= 0.6 is 0 Å². The van der Waals surface area contributed by atoms with Crippen LogP contribution in [0.1, 0.15) is 0 Å². The number of anilines is 8. The van der Waals surface area contributed by atoms with Crippen LogP contribution in [-0.2, 0) is 0 Å². The second-order valence-corrected chi connectivity index (χ2v) is 6.54. The minimum absolute atomic E-state index is 0.550. The Morgan fingerprint density at radius 3 is 0.929 bits per heavy atom. The normalized spacial score (nSPS) is 10.6. The first-order chi connectivity index (χ1) is 13.2. The van der Waals surface area contributed by atoms with Crippen LogP contribution in [0.5, 0.6) is 0 Å². The van der Waals surface area contributed by atoms with Crippen molar-refractivity contribution in [2.24, 2.45) is 0 Å². The fourth-order valence-corrected chi connectivity index (χ4v) is 2.91. The van der Waals surface area contributed by atoms with Crippen LogP contribution in [0.25, 0.3) is 21.5 Å². The summed E-state index contributed by atoms with van der Waals surface area (Å²) in [5.41, 5.74) is 50.1. The van der Waals surface area contributed by atoms with Crippen LogP contribution in [-0.4, -0.2) is 0 Å². The number of hydrogen-bond donors (Lipinski definition) is 8. The smallest absolute Gasteiger partial charge is 0.0628 e. The highest BCUT2D eigenvalue weighted by molar-refractivity contribution is 6.06. The van der Waals surface area contributed by atoms with Gasteiger partial charge < -0.3 is 45.9 Å². The molecule has 16 N–H and O–H groups in total. The average Bonchev–Trinajstić information content (AvgIpc) is 2.65. The first-order valence-electron chi connectivity index (χ1n) is 8.44. The summed E-state index contributed by atoms with van der Waals surface area (Å²) >= 11 is 0. The predicted molar refractivity (Wildman–Crippen MR) is 123 cm³/mol. The molecule has 0 atom stereocenters. The van der Waals surface area contributed by atoms with Gasteiger partial charge in [-0.25, -0.2) is 0 Å². The third kappa shape index (κ3) is 3.26. The summed E-state index contributed by atoms with van der Waals surface area (Å²) in [6.07, 6.45) is 0. The minimum atomic E-state index is 0.550. The number of hydrogen-bond acceptors (Lipinski definition) is 8. The summed E-state index contributed by atoms with van der Waals surface area (Å²) in [5, 5.41) is 3.58. The van der Waals surface area contributed by atoms with E-state index in [0.29, 0.717) is 45.5 Å². The lowest BCUT2D eigenvalue weighted by atomic mass is 10.0. The third-order valence-corrected chi connectivity index (χ3v) is 4.60. The van der Waals surface area contributed by atoms with Gasteiger partial charge >= 0.3 is 0 Å². The molecule has 0 saturated heterocycles. The highest BCUT2D eigenvalue weighted by atomic mass is 14.7. The van der Waals surface area contributed by atoms with Crippen LogP contribution < -0.4 is 45.9 Å². The molecule has 0 spiro atoms. The Balaban J connectivity index is 0.000000161. The first-order valence-corrected chi connectivity index (χ1v) is 8.44. The quantitative estimate of drug-likeness (QED) is 0.213. The highest BCUT2D eigenvalue weighted by Crippen LogP contribution is 2.33. The predicted octanol–water partition coefficient (Wildman–Crippen LogP) is 2.34. The zero-order valence-corrected chi connectivity index (χ0v) is 15.2. The Labute approximate surface area is 162 Å². The van der Waals surface area contributed by atoms with E-state index in [-0.39, 0.29) is 0 Å². The van der Waals surface area contributed by atoms with Gasteiger partial charge in [0.1, 0.15) is 0 Å². The van der Waals surface area contributed by atoms with Gasteiger partial charge in [0.05, 0.1) is 45.5 Å². The number of fused-ring (bicyclic) bond motifs is 2.